The second-order valence-corrected chi connectivity index (χ2v) is 9.03. The molecule has 36 heavy (non-hydrogen) atoms. The van der Waals surface area contributed by atoms with Gasteiger partial charge in [-0.1, -0.05) is 18.2 Å². The van der Waals surface area contributed by atoms with Gasteiger partial charge < -0.3 is 30.1 Å². The van der Waals surface area contributed by atoms with Gasteiger partial charge in [-0.3, -0.25) is 9.59 Å². The van der Waals surface area contributed by atoms with Crippen molar-refractivity contribution in [1.29, 1.82) is 0 Å². The predicted octanol–water partition coefficient (Wildman–Crippen LogP) is 3.00. The molecule has 0 bridgehead atoms. The Labute approximate surface area is 207 Å². The van der Waals surface area contributed by atoms with Crippen LogP contribution < -0.4 is 15.4 Å². The lowest BCUT2D eigenvalue weighted by atomic mass is 9.97. The molecule has 2 unspecified atom stereocenters. The molecule has 3 rings (SSSR count). The SMILES string of the molecule is CC(O)c1ccc(Oc2ccc(CNC(=O)C3(NC(=O)CN(C)C)CCOC3)cc2)c(C(F)(F)F)c1. The number of hydrogen-bond acceptors (Lipinski definition) is 6. The number of carbonyl (C=O) groups is 2. The Morgan fingerprint density at radius 3 is 2.44 bits per heavy atom. The Morgan fingerprint density at radius 1 is 1.19 bits per heavy atom. The lowest BCUT2D eigenvalue weighted by molar-refractivity contribution is -0.138. The summed E-state index contributed by atoms with van der Waals surface area (Å²) in [6.45, 7) is 2.07. The van der Waals surface area contributed by atoms with Crippen LogP contribution in [0.4, 0.5) is 13.2 Å². The number of nitrogens with one attached hydrogen (secondary N) is 2. The first-order chi connectivity index (χ1) is 16.9. The third-order valence-electron chi connectivity index (χ3n) is 5.69. The van der Waals surface area contributed by atoms with Crippen molar-refractivity contribution in [2.24, 2.45) is 0 Å². The number of ether oxygens (including phenoxy) is 2. The molecule has 2 amide bonds. The summed E-state index contributed by atoms with van der Waals surface area (Å²) in [7, 11) is 3.50. The maximum atomic E-state index is 13.5. The molecule has 0 radical (unpaired) electrons. The van der Waals surface area contributed by atoms with Gasteiger partial charge >= 0.3 is 6.18 Å². The normalized spacial score (nSPS) is 18.7. The number of benzene rings is 2. The molecule has 196 valence electrons. The van der Waals surface area contributed by atoms with Crippen LogP contribution in [-0.2, 0) is 27.0 Å². The van der Waals surface area contributed by atoms with Gasteiger partial charge in [0.2, 0.25) is 11.8 Å². The van der Waals surface area contributed by atoms with E-state index in [0.29, 0.717) is 18.6 Å². The van der Waals surface area contributed by atoms with E-state index in [1.807, 2.05) is 0 Å². The molecular weight excluding hydrogens is 479 g/mol. The van der Waals surface area contributed by atoms with Crippen LogP contribution in [0, 0.1) is 0 Å². The van der Waals surface area contributed by atoms with E-state index in [2.05, 4.69) is 10.6 Å². The summed E-state index contributed by atoms with van der Waals surface area (Å²) in [5.41, 5.74) is -1.32. The van der Waals surface area contributed by atoms with E-state index in [1.165, 1.54) is 31.2 Å². The summed E-state index contributed by atoms with van der Waals surface area (Å²) in [5, 5.41) is 15.2. The van der Waals surface area contributed by atoms with Crippen LogP contribution in [0.1, 0.15) is 36.1 Å². The van der Waals surface area contributed by atoms with Crippen molar-refractivity contribution in [3.8, 4) is 11.5 Å². The Bertz CT molecular complexity index is 1070. The lowest BCUT2D eigenvalue weighted by Gasteiger charge is -2.28. The Morgan fingerprint density at radius 2 is 1.89 bits per heavy atom. The molecule has 8 nitrogen and oxygen atoms in total. The van der Waals surface area contributed by atoms with E-state index in [1.54, 1.807) is 31.1 Å². The van der Waals surface area contributed by atoms with Gasteiger partial charge in [0.15, 0.2) is 0 Å². The number of aliphatic hydroxyl groups excluding tert-OH is 1. The predicted molar refractivity (Wildman–Crippen MR) is 125 cm³/mol. The number of nitrogens with zero attached hydrogens (tertiary/aromatic N) is 1. The van der Waals surface area contributed by atoms with E-state index in [0.717, 1.165) is 6.07 Å². The van der Waals surface area contributed by atoms with Crippen molar-refractivity contribution >= 4 is 11.8 Å². The lowest BCUT2D eigenvalue weighted by Crippen LogP contribution is -2.60. The molecule has 2 aromatic carbocycles. The maximum Gasteiger partial charge on any atom is 0.419 e. The quantitative estimate of drug-likeness (QED) is 0.481. The van der Waals surface area contributed by atoms with Crippen molar-refractivity contribution in [2.75, 3.05) is 33.9 Å². The highest BCUT2D eigenvalue weighted by Gasteiger charge is 2.43. The van der Waals surface area contributed by atoms with Gasteiger partial charge in [-0.05, 0) is 56.4 Å². The molecular formula is C25H30F3N3O5. The zero-order chi connectivity index (χ0) is 26.5. The van der Waals surface area contributed by atoms with Crippen molar-refractivity contribution in [2.45, 2.75) is 37.7 Å². The number of alkyl halides is 3. The minimum Gasteiger partial charge on any atom is -0.457 e. The number of amides is 2. The number of rotatable bonds is 9. The van der Waals surface area contributed by atoms with E-state index in [9.17, 15) is 27.9 Å². The summed E-state index contributed by atoms with van der Waals surface area (Å²) < 4.78 is 51.3. The highest BCUT2D eigenvalue weighted by atomic mass is 19.4. The molecule has 0 aliphatic carbocycles. The Balaban J connectivity index is 1.65. The fraction of sp³-hybridized carbons (Fsp3) is 0.440. The van der Waals surface area contributed by atoms with Crippen molar-refractivity contribution in [1.82, 2.24) is 15.5 Å². The van der Waals surface area contributed by atoms with Crippen LogP contribution in [0.5, 0.6) is 11.5 Å². The van der Waals surface area contributed by atoms with Crippen molar-refractivity contribution in [3.63, 3.8) is 0 Å². The fourth-order valence-corrected chi connectivity index (χ4v) is 3.76. The summed E-state index contributed by atoms with van der Waals surface area (Å²) in [4.78, 5) is 26.8. The number of likely N-dealkylation sites (N-methyl/N-ethyl adjacent to an activating group) is 1. The second-order valence-electron chi connectivity index (χ2n) is 9.03. The van der Waals surface area contributed by atoms with E-state index in [4.69, 9.17) is 9.47 Å². The highest BCUT2D eigenvalue weighted by molar-refractivity contribution is 5.92. The number of halogens is 3. The molecule has 2 aromatic rings. The molecule has 1 aliphatic heterocycles. The molecule has 0 aromatic heterocycles. The molecule has 2 atom stereocenters. The van der Waals surface area contributed by atoms with Gasteiger partial charge in [0, 0.05) is 19.6 Å². The molecule has 1 fully saturated rings. The maximum absolute atomic E-state index is 13.5. The fourth-order valence-electron chi connectivity index (χ4n) is 3.76. The number of hydrogen-bond donors (Lipinski definition) is 3. The first kappa shape index (κ1) is 27.4. The number of carbonyl (C=O) groups excluding carboxylic acids is 2. The zero-order valence-corrected chi connectivity index (χ0v) is 20.3. The third-order valence-corrected chi connectivity index (χ3v) is 5.69. The Hall–Kier alpha value is -3.15. The average molecular weight is 510 g/mol. The van der Waals surface area contributed by atoms with Gasteiger partial charge in [-0.2, -0.15) is 13.2 Å². The molecule has 3 N–H and O–H groups in total. The van der Waals surface area contributed by atoms with Gasteiger partial charge in [0.1, 0.15) is 17.0 Å². The second kappa shape index (κ2) is 11.3. The minimum atomic E-state index is -4.66. The standard InChI is InChI=1S/C25H30F3N3O5/c1-16(32)18-6-9-21(20(12-18)25(26,27)28)36-19-7-4-17(5-8-19)13-29-23(34)24(10-11-35-15-24)30-22(33)14-31(2)3/h4-9,12,16,32H,10-11,13-15H2,1-3H3,(H,29,34)(H,30,33). The average Bonchev–Trinajstić information content (AvgIpc) is 3.26. The third kappa shape index (κ3) is 6.96. The first-order valence-corrected chi connectivity index (χ1v) is 11.4. The molecule has 1 saturated heterocycles. The number of aliphatic hydroxyl groups is 1. The van der Waals surface area contributed by atoms with Crippen LogP contribution in [0.15, 0.2) is 42.5 Å². The first-order valence-electron chi connectivity index (χ1n) is 11.4. The van der Waals surface area contributed by atoms with E-state index < -0.39 is 23.4 Å². The van der Waals surface area contributed by atoms with E-state index >= 15 is 0 Å². The molecule has 0 saturated carbocycles. The Kier molecular flexibility index (Phi) is 8.59. The van der Waals surface area contributed by atoms with Crippen LogP contribution in [0.3, 0.4) is 0 Å². The van der Waals surface area contributed by atoms with Gasteiger partial charge in [-0.15, -0.1) is 0 Å². The molecule has 1 aliphatic rings. The summed E-state index contributed by atoms with van der Waals surface area (Å²) >= 11 is 0. The van der Waals surface area contributed by atoms with Crippen molar-refractivity contribution in [3.05, 3.63) is 59.2 Å². The molecule has 11 heteroatoms. The van der Waals surface area contributed by atoms with Gasteiger partial charge in [0.25, 0.3) is 0 Å². The van der Waals surface area contributed by atoms with Crippen LogP contribution >= 0.6 is 0 Å². The van der Waals surface area contributed by atoms with E-state index in [-0.39, 0.29) is 48.6 Å². The van der Waals surface area contributed by atoms with Gasteiger partial charge in [-0.25, -0.2) is 0 Å². The summed E-state index contributed by atoms with van der Waals surface area (Å²) in [6, 6.07) is 9.65. The van der Waals surface area contributed by atoms with Gasteiger partial charge in [0.05, 0.1) is 24.8 Å². The minimum absolute atomic E-state index is 0.0696. The van der Waals surface area contributed by atoms with Crippen molar-refractivity contribution < 1.29 is 37.3 Å². The molecule has 0 spiro atoms. The van der Waals surface area contributed by atoms with Crippen LogP contribution in [0.25, 0.3) is 0 Å². The monoisotopic (exact) mass is 509 g/mol. The van der Waals surface area contributed by atoms with Crippen LogP contribution in [0.2, 0.25) is 0 Å². The summed E-state index contributed by atoms with van der Waals surface area (Å²) in [5.74, 6) is -0.871. The largest absolute Gasteiger partial charge is 0.457 e. The molecule has 1 heterocycles. The topological polar surface area (TPSA) is 100 Å². The zero-order valence-electron chi connectivity index (χ0n) is 20.3. The smallest absolute Gasteiger partial charge is 0.419 e. The highest BCUT2D eigenvalue weighted by Crippen LogP contribution is 2.39. The van der Waals surface area contributed by atoms with Crippen LogP contribution in [-0.4, -0.2) is 61.2 Å². The summed E-state index contributed by atoms with van der Waals surface area (Å²) in [6.07, 6.45) is -5.36.